The quantitative estimate of drug-likeness (QED) is 0.841. The van der Waals surface area contributed by atoms with Gasteiger partial charge in [-0.3, -0.25) is 0 Å². The zero-order valence-corrected chi connectivity index (χ0v) is 13.7. The maximum atomic E-state index is 12.6. The van der Waals surface area contributed by atoms with Crippen molar-refractivity contribution in [3.63, 3.8) is 0 Å². The van der Waals surface area contributed by atoms with Crippen LogP contribution in [0.25, 0.3) is 0 Å². The minimum Gasteiger partial charge on any atom is -0.340 e. The number of imidazole rings is 1. The van der Waals surface area contributed by atoms with E-state index in [9.17, 15) is 8.42 Å². The average molecular weight is 312 g/mol. The summed E-state index contributed by atoms with van der Waals surface area (Å²) in [6.07, 6.45) is 1.62. The summed E-state index contributed by atoms with van der Waals surface area (Å²) in [4.78, 5) is 8.07. The summed E-state index contributed by atoms with van der Waals surface area (Å²) in [5.74, 6) is 0.370. The molecule has 0 atom stereocenters. The largest absolute Gasteiger partial charge is 0.340 e. The number of aromatic nitrogens is 4. The molecule has 0 amide bonds. The molecule has 116 valence electrons. The fraction of sp³-hybridized carbons (Fsp3) is 0.615. The van der Waals surface area contributed by atoms with Gasteiger partial charge in [-0.2, -0.15) is 4.98 Å². The Bertz CT molecular complexity index is 728. The number of aryl methyl sites for hydroxylation is 1. The van der Waals surface area contributed by atoms with Gasteiger partial charge in [0.2, 0.25) is 20.9 Å². The summed E-state index contributed by atoms with van der Waals surface area (Å²) in [6.45, 7) is 9.51. The molecule has 0 aliphatic carbocycles. The van der Waals surface area contributed by atoms with Crippen molar-refractivity contribution in [3.8, 4) is 0 Å². The molecule has 2 aromatic heterocycles. The molecular weight excluding hydrogens is 292 g/mol. The van der Waals surface area contributed by atoms with Gasteiger partial charge in [-0.15, -0.1) is 0 Å². The molecule has 2 heterocycles. The van der Waals surface area contributed by atoms with Gasteiger partial charge in [0.1, 0.15) is 5.75 Å². The smallest absolute Gasteiger partial charge is 0.228 e. The van der Waals surface area contributed by atoms with Crippen molar-refractivity contribution in [2.24, 2.45) is 0 Å². The Hall–Kier alpha value is -1.70. The lowest BCUT2D eigenvalue weighted by Gasteiger charge is -2.17. The van der Waals surface area contributed by atoms with E-state index in [1.165, 1.54) is 0 Å². The number of sulfone groups is 1. The molecule has 7 nitrogen and oxygen atoms in total. The normalized spacial score (nSPS) is 12.5. The van der Waals surface area contributed by atoms with Gasteiger partial charge in [0.15, 0.2) is 5.82 Å². The molecule has 0 aromatic carbocycles. The van der Waals surface area contributed by atoms with E-state index in [1.807, 2.05) is 27.7 Å². The van der Waals surface area contributed by atoms with Crippen molar-refractivity contribution in [2.45, 2.75) is 57.5 Å². The van der Waals surface area contributed by atoms with Crippen LogP contribution in [0.2, 0.25) is 0 Å². The van der Waals surface area contributed by atoms with E-state index in [0.29, 0.717) is 5.89 Å². The Morgan fingerprint density at radius 1 is 1.29 bits per heavy atom. The summed E-state index contributed by atoms with van der Waals surface area (Å²) >= 11 is 0. The number of hydrogen-bond donors (Lipinski definition) is 0. The van der Waals surface area contributed by atoms with E-state index >= 15 is 0 Å². The van der Waals surface area contributed by atoms with Crippen molar-refractivity contribution in [1.82, 2.24) is 19.7 Å². The predicted octanol–water partition coefficient (Wildman–Crippen LogP) is 2.25. The van der Waals surface area contributed by atoms with E-state index in [0.717, 1.165) is 5.69 Å². The molecular formula is C13H20N4O3S. The highest BCUT2D eigenvalue weighted by molar-refractivity contribution is 7.90. The monoisotopic (exact) mass is 312 g/mol. The first-order valence-electron chi connectivity index (χ1n) is 6.81. The fourth-order valence-electron chi connectivity index (χ4n) is 2.17. The molecule has 8 heteroatoms. The number of nitrogens with zero attached hydrogens (tertiary/aromatic N) is 4. The number of hydrogen-bond acceptors (Lipinski definition) is 6. The third-order valence-corrected chi connectivity index (χ3v) is 4.56. The van der Waals surface area contributed by atoms with E-state index in [2.05, 4.69) is 15.1 Å². The van der Waals surface area contributed by atoms with Crippen molar-refractivity contribution < 1.29 is 12.9 Å². The second-order valence-electron chi connectivity index (χ2n) is 5.57. The third kappa shape index (κ3) is 3.15. The standard InChI is InChI=1S/C13H20N4O3S/c1-8(2)11-6-14-13(17(11)9(3)4)21(18,19)7-12-15-10(5)20-16-12/h6,8-9H,7H2,1-5H3. The zero-order valence-electron chi connectivity index (χ0n) is 12.9. The highest BCUT2D eigenvalue weighted by Crippen LogP contribution is 2.25. The maximum absolute atomic E-state index is 12.6. The molecule has 21 heavy (non-hydrogen) atoms. The second kappa shape index (κ2) is 5.59. The predicted molar refractivity (Wildman–Crippen MR) is 76.6 cm³/mol. The van der Waals surface area contributed by atoms with Gasteiger partial charge in [0.05, 0.1) is 0 Å². The van der Waals surface area contributed by atoms with Gasteiger partial charge in [-0.05, 0) is 19.8 Å². The molecule has 0 bridgehead atoms. The first-order valence-corrected chi connectivity index (χ1v) is 8.46. The Morgan fingerprint density at radius 3 is 2.43 bits per heavy atom. The van der Waals surface area contributed by atoms with Gasteiger partial charge in [0.25, 0.3) is 0 Å². The third-order valence-electron chi connectivity index (χ3n) is 3.07. The Balaban J connectivity index is 2.45. The summed E-state index contributed by atoms with van der Waals surface area (Å²) in [5, 5.41) is 3.70. The molecule has 2 rings (SSSR count). The van der Waals surface area contributed by atoms with E-state index in [-0.39, 0.29) is 28.7 Å². The van der Waals surface area contributed by atoms with Crippen molar-refractivity contribution >= 4 is 9.84 Å². The van der Waals surface area contributed by atoms with Crippen molar-refractivity contribution in [3.05, 3.63) is 23.6 Å². The maximum Gasteiger partial charge on any atom is 0.228 e. The van der Waals surface area contributed by atoms with E-state index in [4.69, 9.17) is 4.52 Å². The van der Waals surface area contributed by atoms with Gasteiger partial charge in [0, 0.05) is 24.9 Å². The molecule has 0 aliphatic rings. The molecule has 0 saturated carbocycles. The van der Waals surface area contributed by atoms with Crippen LogP contribution >= 0.6 is 0 Å². The van der Waals surface area contributed by atoms with Gasteiger partial charge >= 0.3 is 0 Å². The summed E-state index contributed by atoms with van der Waals surface area (Å²) < 4.78 is 31.7. The first-order chi connectivity index (χ1) is 9.72. The first kappa shape index (κ1) is 15.7. The van der Waals surface area contributed by atoms with Crippen LogP contribution in [0, 0.1) is 6.92 Å². The fourth-order valence-corrected chi connectivity index (χ4v) is 3.58. The van der Waals surface area contributed by atoms with Crippen LogP contribution in [-0.2, 0) is 15.6 Å². The topological polar surface area (TPSA) is 90.9 Å². The number of rotatable bonds is 5. The summed E-state index contributed by atoms with van der Waals surface area (Å²) in [7, 11) is -3.62. The lowest BCUT2D eigenvalue weighted by atomic mass is 10.1. The van der Waals surface area contributed by atoms with Crippen molar-refractivity contribution in [1.29, 1.82) is 0 Å². The van der Waals surface area contributed by atoms with Crippen LogP contribution in [-0.4, -0.2) is 28.1 Å². The van der Waals surface area contributed by atoms with Crippen LogP contribution in [0.5, 0.6) is 0 Å². The molecule has 2 aromatic rings. The molecule has 0 radical (unpaired) electrons. The second-order valence-corrected chi connectivity index (χ2v) is 7.46. The molecule has 0 spiro atoms. The summed E-state index contributed by atoms with van der Waals surface area (Å²) in [5.41, 5.74) is 0.896. The lowest BCUT2D eigenvalue weighted by molar-refractivity contribution is 0.388. The van der Waals surface area contributed by atoms with Crippen LogP contribution in [0.1, 0.15) is 57.1 Å². The lowest BCUT2D eigenvalue weighted by Crippen LogP contribution is -2.17. The highest BCUT2D eigenvalue weighted by atomic mass is 32.2. The minimum absolute atomic E-state index is 0.00155. The van der Waals surface area contributed by atoms with Crippen LogP contribution in [0.15, 0.2) is 15.9 Å². The molecule has 0 saturated heterocycles. The molecule has 0 aliphatic heterocycles. The van der Waals surface area contributed by atoms with Gasteiger partial charge < -0.3 is 9.09 Å². The molecule has 0 unspecified atom stereocenters. The van der Waals surface area contributed by atoms with Crippen LogP contribution < -0.4 is 0 Å². The summed E-state index contributed by atoms with van der Waals surface area (Å²) in [6, 6.07) is 0.00155. The minimum atomic E-state index is -3.62. The Labute approximate surface area is 124 Å². The zero-order chi connectivity index (χ0) is 15.8. The van der Waals surface area contributed by atoms with Crippen LogP contribution in [0.4, 0.5) is 0 Å². The molecule has 0 fully saturated rings. The Morgan fingerprint density at radius 2 is 1.95 bits per heavy atom. The van der Waals surface area contributed by atoms with Gasteiger partial charge in [-0.25, -0.2) is 13.4 Å². The Kier molecular flexibility index (Phi) is 4.18. The van der Waals surface area contributed by atoms with E-state index < -0.39 is 9.84 Å². The highest BCUT2D eigenvalue weighted by Gasteiger charge is 2.27. The van der Waals surface area contributed by atoms with Crippen molar-refractivity contribution in [2.75, 3.05) is 0 Å². The van der Waals surface area contributed by atoms with Crippen LogP contribution in [0.3, 0.4) is 0 Å². The molecule has 0 N–H and O–H groups in total. The van der Waals surface area contributed by atoms with E-state index in [1.54, 1.807) is 17.7 Å². The van der Waals surface area contributed by atoms with Gasteiger partial charge in [-0.1, -0.05) is 19.0 Å². The average Bonchev–Trinajstić information content (AvgIpc) is 2.94. The SMILES string of the molecule is Cc1nc(CS(=O)(=O)c2ncc(C(C)C)n2C(C)C)no1.